The zero-order valence-corrected chi connectivity index (χ0v) is 75.7. The Bertz CT molecular complexity index is 9410. The monoisotopic (exact) mass is 1790 g/mol. The maximum absolute atomic E-state index is 6.24. The van der Waals surface area contributed by atoms with Gasteiger partial charge in [-0.05, 0) is 184 Å². The summed E-state index contributed by atoms with van der Waals surface area (Å²) in [5, 5.41) is 16.1. The van der Waals surface area contributed by atoms with Gasteiger partial charge in [0, 0.05) is 91.8 Å². The van der Waals surface area contributed by atoms with Gasteiger partial charge < -0.3 is 8.83 Å². The summed E-state index contributed by atoms with van der Waals surface area (Å²) in [4.78, 5) is 45.5. The van der Waals surface area contributed by atoms with Crippen molar-refractivity contribution < 1.29 is 8.83 Å². The van der Waals surface area contributed by atoms with Crippen LogP contribution >= 0.6 is 11.3 Å². The Hall–Kier alpha value is -18.5. The molecule has 11 nitrogen and oxygen atoms in total. The predicted molar refractivity (Wildman–Crippen MR) is 573 cm³/mol. The average molecular weight is 1800 g/mol. The summed E-state index contributed by atoms with van der Waals surface area (Å²) in [6.07, 6.45) is 0. The van der Waals surface area contributed by atoms with Crippen LogP contribution in [-0.4, -0.2) is 44.9 Å². The Morgan fingerprint density at radius 1 is 0.129 bits per heavy atom. The van der Waals surface area contributed by atoms with Gasteiger partial charge in [0.1, 0.15) is 22.3 Å². The first kappa shape index (κ1) is 82.4. The highest BCUT2D eigenvalue weighted by molar-refractivity contribution is 7.25. The summed E-state index contributed by atoms with van der Waals surface area (Å²) in [5.74, 6) is 5.80. The fourth-order valence-electron chi connectivity index (χ4n) is 19.2. The van der Waals surface area contributed by atoms with Crippen LogP contribution in [0.1, 0.15) is 0 Å². The third kappa shape index (κ3) is 16.0. The molecule has 12 heteroatoms. The number of hydrogen-bond acceptors (Lipinski definition) is 12. The van der Waals surface area contributed by atoms with Gasteiger partial charge in [0.2, 0.25) is 0 Å². The molecule has 0 aliphatic heterocycles. The standard InChI is InChI=1S/2C43H27N3O.C41H25N3S/c1-3-12-28(13-4-1)30-16-11-17-32(26-30)42-44-41(29-14-5-2-6-15-29)45-43(46-42)37-24-23-33(34-18-7-8-19-35(34)37)31-22-25-40-38(27-31)36-20-9-10-21-39(36)47-40;1-3-12-28(13-4-1)30-16-11-17-32(26-30)42-44-41(29-14-5-2-6-15-29)45-43(46-42)38-25-24-33(34-18-7-8-19-35(34)38)31-22-23-37-36-20-9-10-21-39(36)47-40(37)27-31;1-2-11-27(12-3-1)39-42-40(30-19-18-26-10-4-5-13-28(26)24-30)44-41(43-39)36-23-22-31(32-14-6-7-15-33(32)36)29-20-21-35-34-16-8-9-17-37(34)45-38(35)25-29/h2*1-27H;1-25H. The van der Waals surface area contributed by atoms with E-state index in [0.717, 1.165) is 171 Å². The molecule has 0 N–H and O–H groups in total. The number of benzene rings is 21. The summed E-state index contributed by atoms with van der Waals surface area (Å²) < 4.78 is 15.0. The van der Waals surface area contributed by atoms with Crippen LogP contribution in [0.5, 0.6) is 0 Å². The highest BCUT2D eigenvalue weighted by Gasteiger charge is 2.24. The number of thiophene rings is 1. The van der Waals surface area contributed by atoms with Crippen LogP contribution in [0.15, 0.2) is 488 Å². The Kier molecular flexibility index (Phi) is 21.2. The number of fused-ring (bicyclic) bond motifs is 13. The molecule has 0 unspecified atom stereocenters. The highest BCUT2D eigenvalue weighted by Crippen LogP contribution is 2.46. The van der Waals surface area contributed by atoms with Crippen LogP contribution in [0.4, 0.5) is 0 Å². The normalized spacial score (nSPS) is 11.5. The van der Waals surface area contributed by atoms with E-state index in [-0.39, 0.29) is 0 Å². The molecule has 650 valence electrons. The van der Waals surface area contributed by atoms with E-state index in [1.807, 2.05) is 133 Å². The molecule has 139 heavy (non-hydrogen) atoms. The molecule has 6 aromatic heterocycles. The zero-order valence-electron chi connectivity index (χ0n) is 74.9. The third-order valence-electron chi connectivity index (χ3n) is 26.0. The Balaban J connectivity index is 0.000000110. The minimum atomic E-state index is 0.634. The van der Waals surface area contributed by atoms with Crippen molar-refractivity contribution in [2.24, 2.45) is 0 Å². The van der Waals surface area contributed by atoms with Crippen LogP contribution in [-0.2, 0) is 0 Å². The summed E-state index contributed by atoms with van der Waals surface area (Å²) in [5.41, 5.74) is 23.6. The second kappa shape index (κ2) is 35.8. The number of furan rings is 2. The van der Waals surface area contributed by atoms with Gasteiger partial charge >= 0.3 is 0 Å². The van der Waals surface area contributed by atoms with E-state index in [4.69, 9.17) is 53.7 Å². The SMILES string of the molecule is c1ccc(-c2cccc(-c3nc(-c4ccccc4)nc(-c4ccc(-c5ccc6c(c5)oc5ccccc56)c5ccccc45)n3)c2)cc1.c1ccc(-c2cccc(-c3nc(-c4ccccc4)nc(-c4ccc(-c5ccc6oc7ccccc7c6c5)c5ccccc45)n3)c2)cc1.c1ccc(-c2nc(-c3ccc4ccccc4c3)nc(-c3ccc(-c4ccc5c(c4)sc4ccccc45)c4ccccc34)n2)cc1. The van der Waals surface area contributed by atoms with Crippen molar-refractivity contribution in [3.8, 4) is 158 Å². The highest BCUT2D eigenvalue weighted by atomic mass is 32.1. The van der Waals surface area contributed by atoms with Crippen molar-refractivity contribution in [1.82, 2.24) is 44.9 Å². The van der Waals surface area contributed by atoms with Gasteiger partial charge in [0.05, 0.1) is 0 Å². The first-order valence-electron chi connectivity index (χ1n) is 46.4. The van der Waals surface area contributed by atoms with Gasteiger partial charge in [-0.1, -0.05) is 394 Å². The predicted octanol–water partition coefficient (Wildman–Crippen LogP) is 33.7. The molecule has 21 aromatic carbocycles. The van der Waals surface area contributed by atoms with Gasteiger partial charge in [-0.25, -0.2) is 44.9 Å². The lowest BCUT2D eigenvalue weighted by molar-refractivity contribution is 0.668. The fourth-order valence-corrected chi connectivity index (χ4v) is 20.4. The second-order valence-electron chi connectivity index (χ2n) is 34.5. The Morgan fingerprint density at radius 3 is 0.885 bits per heavy atom. The molecular weight excluding hydrogens is 1720 g/mol. The number of hydrogen-bond donors (Lipinski definition) is 0. The summed E-state index contributed by atoms with van der Waals surface area (Å²) >= 11 is 1.85. The van der Waals surface area contributed by atoms with Crippen molar-refractivity contribution in [2.75, 3.05) is 0 Å². The molecule has 0 bridgehead atoms. The molecule has 0 spiro atoms. The maximum atomic E-state index is 6.24. The van der Waals surface area contributed by atoms with Crippen LogP contribution < -0.4 is 0 Å². The summed E-state index contributed by atoms with van der Waals surface area (Å²) in [6, 6.07) is 166. The average Bonchev–Trinajstić information content (AvgIpc) is 1.75. The third-order valence-corrected chi connectivity index (χ3v) is 27.2. The molecule has 27 aromatic rings. The van der Waals surface area contributed by atoms with Gasteiger partial charge in [-0.2, -0.15) is 0 Å². The molecule has 0 radical (unpaired) electrons. The van der Waals surface area contributed by atoms with Crippen molar-refractivity contribution in [3.05, 3.63) is 479 Å². The maximum Gasteiger partial charge on any atom is 0.164 e. The van der Waals surface area contributed by atoms with Crippen LogP contribution in [0.2, 0.25) is 0 Å². The second-order valence-corrected chi connectivity index (χ2v) is 35.6. The van der Waals surface area contributed by atoms with E-state index in [9.17, 15) is 0 Å². The van der Waals surface area contributed by atoms with Crippen molar-refractivity contribution in [2.45, 2.75) is 0 Å². The number of rotatable bonds is 14. The van der Waals surface area contributed by atoms with E-state index in [1.54, 1.807) is 0 Å². The minimum Gasteiger partial charge on any atom is -0.456 e. The van der Waals surface area contributed by atoms with Crippen molar-refractivity contribution in [1.29, 1.82) is 0 Å². The molecule has 0 saturated carbocycles. The zero-order chi connectivity index (χ0) is 92.1. The van der Waals surface area contributed by atoms with E-state index >= 15 is 0 Å². The molecule has 0 aliphatic carbocycles. The van der Waals surface area contributed by atoms with Crippen molar-refractivity contribution in [3.63, 3.8) is 0 Å². The number of para-hydroxylation sites is 2. The lowest BCUT2D eigenvalue weighted by Crippen LogP contribution is -2.01. The molecule has 27 rings (SSSR count). The lowest BCUT2D eigenvalue weighted by atomic mass is 9.94. The Morgan fingerprint density at radius 2 is 0.417 bits per heavy atom. The molecule has 0 amide bonds. The molecular formula is C127H79N9O2S. The molecule has 0 fully saturated rings. The van der Waals surface area contributed by atoms with Gasteiger partial charge in [0.15, 0.2) is 52.4 Å². The molecule has 0 saturated heterocycles. The molecule has 0 aliphatic rings. The fraction of sp³-hybridized carbons (Fsp3) is 0. The number of aromatic nitrogens is 9. The van der Waals surface area contributed by atoms with E-state index in [1.165, 1.54) is 42.1 Å². The topological polar surface area (TPSA) is 142 Å². The minimum absolute atomic E-state index is 0.634. The van der Waals surface area contributed by atoms with Crippen LogP contribution in [0.3, 0.4) is 0 Å². The van der Waals surface area contributed by atoms with Gasteiger partial charge in [0.25, 0.3) is 0 Å². The molecule has 0 atom stereocenters. The Labute approximate surface area is 803 Å². The quantitative estimate of drug-likeness (QED) is 0.103. The first-order chi connectivity index (χ1) is 68.8. The van der Waals surface area contributed by atoms with Crippen molar-refractivity contribution >= 4 is 118 Å². The largest absolute Gasteiger partial charge is 0.456 e. The van der Waals surface area contributed by atoms with Crippen LogP contribution in [0, 0.1) is 0 Å². The lowest BCUT2D eigenvalue weighted by Gasteiger charge is -2.13. The number of nitrogens with zero attached hydrogens (tertiary/aromatic N) is 9. The van der Waals surface area contributed by atoms with E-state index in [2.05, 4.69) is 358 Å². The van der Waals surface area contributed by atoms with E-state index < -0.39 is 0 Å². The van der Waals surface area contributed by atoms with E-state index in [0.29, 0.717) is 52.4 Å². The summed E-state index contributed by atoms with van der Waals surface area (Å²) in [6.45, 7) is 0. The first-order valence-corrected chi connectivity index (χ1v) is 47.2. The van der Waals surface area contributed by atoms with Gasteiger partial charge in [-0.15, -0.1) is 11.3 Å². The van der Waals surface area contributed by atoms with Gasteiger partial charge in [-0.3, -0.25) is 0 Å². The van der Waals surface area contributed by atoms with Crippen LogP contribution in [0.25, 0.3) is 265 Å². The smallest absolute Gasteiger partial charge is 0.164 e. The molecule has 6 heterocycles. The summed E-state index contributed by atoms with van der Waals surface area (Å²) in [7, 11) is 0.